The lowest BCUT2D eigenvalue weighted by Crippen LogP contribution is -2.41. The number of ether oxygens (including phenoxy) is 2. The van der Waals surface area contributed by atoms with Gasteiger partial charge in [-0.2, -0.15) is 5.26 Å². The predicted molar refractivity (Wildman–Crippen MR) is 141 cm³/mol. The molecule has 3 rings (SSSR count). The van der Waals surface area contributed by atoms with Crippen LogP contribution >= 0.6 is 0 Å². The molecule has 0 aromatic heterocycles. The average molecular weight is 518 g/mol. The first-order chi connectivity index (χ1) is 18.3. The summed E-state index contributed by atoms with van der Waals surface area (Å²) in [6, 6.07) is 17.3. The molecule has 2 aromatic rings. The third-order valence-electron chi connectivity index (χ3n) is 6.07. The normalized spacial score (nSPS) is 15.3. The van der Waals surface area contributed by atoms with E-state index in [2.05, 4.69) is 11.4 Å². The second-order valence-electron chi connectivity index (χ2n) is 8.77. The summed E-state index contributed by atoms with van der Waals surface area (Å²) in [4.78, 5) is 42.9. The average Bonchev–Trinajstić information content (AvgIpc) is 2.94. The summed E-state index contributed by atoms with van der Waals surface area (Å²) in [5, 5.41) is 13.1. The van der Waals surface area contributed by atoms with Gasteiger partial charge in [0.2, 0.25) is 0 Å². The maximum atomic E-state index is 13.3. The van der Waals surface area contributed by atoms with Crippen LogP contribution in [0.3, 0.4) is 0 Å². The number of nitrogens with two attached hydrogens (primary N) is 1. The topological polar surface area (TPSA) is 138 Å². The summed E-state index contributed by atoms with van der Waals surface area (Å²) in [7, 11) is 6.23. The molecule has 0 radical (unpaired) electrons. The Morgan fingerprint density at radius 2 is 1.66 bits per heavy atom. The molecule has 38 heavy (non-hydrogen) atoms. The summed E-state index contributed by atoms with van der Waals surface area (Å²) in [5.74, 6) is -3.23. The second-order valence-corrected chi connectivity index (χ2v) is 8.77. The third-order valence-corrected chi connectivity index (χ3v) is 6.07. The number of para-hydroxylation sites is 1. The van der Waals surface area contributed by atoms with Crippen molar-refractivity contribution in [2.75, 3.05) is 46.3 Å². The minimum atomic E-state index is -0.994. The molecule has 10 nitrogen and oxygen atoms in total. The molecule has 1 atom stereocenters. The first-order valence-corrected chi connectivity index (χ1v) is 11.9. The Kier molecular flexibility index (Phi) is 9.24. The molecule has 0 bridgehead atoms. The number of benzene rings is 2. The fraction of sp³-hybridized carbons (Fsp3) is 0.286. The van der Waals surface area contributed by atoms with Crippen molar-refractivity contribution >= 4 is 23.5 Å². The number of anilines is 1. The molecule has 1 heterocycles. The van der Waals surface area contributed by atoms with Crippen molar-refractivity contribution in [2.45, 2.75) is 12.3 Å². The Balaban J connectivity index is 2.24. The van der Waals surface area contributed by atoms with Crippen LogP contribution in [0.4, 0.5) is 5.69 Å². The Morgan fingerprint density at radius 3 is 2.26 bits per heavy atom. The maximum Gasteiger partial charge on any atom is 0.355 e. The molecule has 0 saturated heterocycles. The number of esters is 2. The summed E-state index contributed by atoms with van der Waals surface area (Å²) >= 11 is 0. The van der Waals surface area contributed by atoms with Gasteiger partial charge in [-0.25, -0.2) is 9.59 Å². The Morgan fingerprint density at radius 1 is 1.03 bits per heavy atom. The lowest BCUT2D eigenvalue weighted by Gasteiger charge is -2.36. The zero-order valence-electron chi connectivity index (χ0n) is 21.9. The van der Waals surface area contributed by atoms with E-state index >= 15 is 0 Å². The molecular formula is C28H31N5O5. The standard InChI is InChI=1S/C28H31N5O5/c1-32(2)16-10-15-31-26(34)19-13-8-9-14-21(19)33-24(28(36)38-4)23(27(35)37-3)22(20(17-29)25(33)30)18-11-6-5-7-12-18/h5-9,11-14,22H,10,15-16,30H2,1-4H3,(H,31,34). The number of rotatable bonds is 9. The number of hydrogen-bond acceptors (Lipinski definition) is 9. The van der Waals surface area contributed by atoms with Crippen molar-refractivity contribution in [3.63, 3.8) is 0 Å². The molecule has 198 valence electrons. The van der Waals surface area contributed by atoms with Crippen molar-refractivity contribution in [3.05, 3.63) is 88.4 Å². The number of hydrogen-bond donors (Lipinski definition) is 2. The Hall–Kier alpha value is -4.62. The Labute approximate surface area is 221 Å². The van der Waals surface area contributed by atoms with Crippen LogP contribution in [0, 0.1) is 11.3 Å². The van der Waals surface area contributed by atoms with Crippen molar-refractivity contribution in [1.29, 1.82) is 5.26 Å². The molecule has 10 heteroatoms. The first kappa shape index (κ1) is 28.0. The number of carbonyl (C=O) groups excluding carboxylic acids is 3. The van der Waals surface area contributed by atoms with E-state index in [0.29, 0.717) is 12.1 Å². The van der Waals surface area contributed by atoms with Crippen LogP contribution in [0.15, 0.2) is 77.3 Å². The van der Waals surface area contributed by atoms with Crippen molar-refractivity contribution in [3.8, 4) is 6.07 Å². The molecule has 0 aliphatic carbocycles. The van der Waals surface area contributed by atoms with E-state index in [1.54, 1.807) is 54.6 Å². The number of amides is 1. The largest absolute Gasteiger partial charge is 0.466 e. The smallest absolute Gasteiger partial charge is 0.355 e. The van der Waals surface area contributed by atoms with E-state index in [-0.39, 0.29) is 33.9 Å². The highest BCUT2D eigenvalue weighted by atomic mass is 16.5. The van der Waals surface area contributed by atoms with Gasteiger partial charge in [0.25, 0.3) is 5.91 Å². The molecule has 0 fully saturated rings. The van der Waals surface area contributed by atoms with Crippen LogP contribution in [0.5, 0.6) is 0 Å². The lowest BCUT2D eigenvalue weighted by atomic mass is 9.80. The fourth-order valence-corrected chi connectivity index (χ4v) is 4.32. The molecule has 1 aliphatic heterocycles. The monoisotopic (exact) mass is 517 g/mol. The number of allylic oxidation sites excluding steroid dienone is 1. The summed E-state index contributed by atoms with van der Waals surface area (Å²) in [6.07, 6.45) is 0.726. The van der Waals surface area contributed by atoms with Gasteiger partial charge in [0, 0.05) is 6.54 Å². The zero-order chi connectivity index (χ0) is 27.8. The van der Waals surface area contributed by atoms with Gasteiger partial charge in [0.15, 0.2) is 0 Å². The van der Waals surface area contributed by atoms with Crippen LogP contribution in [0.25, 0.3) is 0 Å². The van der Waals surface area contributed by atoms with Crippen LogP contribution in [0.2, 0.25) is 0 Å². The summed E-state index contributed by atoms with van der Waals surface area (Å²) in [6.45, 7) is 1.21. The molecular weight excluding hydrogens is 486 g/mol. The number of nitrogens with one attached hydrogen (secondary N) is 1. The van der Waals surface area contributed by atoms with Gasteiger partial charge >= 0.3 is 11.9 Å². The maximum absolute atomic E-state index is 13.3. The number of methoxy groups -OCH3 is 2. The Bertz CT molecular complexity index is 1310. The van der Waals surface area contributed by atoms with Crippen LogP contribution in [-0.2, 0) is 19.1 Å². The quantitative estimate of drug-likeness (QED) is 0.379. The third kappa shape index (κ3) is 5.68. The van der Waals surface area contributed by atoms with Crippen LogP contribution < -0.4 is 16.0 Å². The van der Waals surface area contributed by atoms with Gasteiger partial charge in [0.05, 0.1) is 48.6 Å². The highest BCUT2D eigenvalue weighted by Gasteiger charge is 2.43. The predicted octanol–water partition coefficient (Wildman–Crippen LogP) is 2.27. The lowest BCUT2D eigenvalue weighted by molar-refractivity contribution is -0.139. The highest BCUT2D eigenvalue weighted by molar-refractivity contribution is 6.08. The molecule has 1 aliphatic rings. The molecule has 3 N–H and O–H groups in total. The molecule has 0 saturated carbocycles. The van der Waals surface area contributed by atoms with Crippen molar-refractivity contribution in [1.82, 2.24) is 10.2 Å². The van der Waals surface area contributed by atoms with Crippen molar-refractivity contribution in [2.24, 2.45) is 5.73 Å². The molecule has 1 unspecified atom stereocenters. The van der Waals surface area contributed by atoms with Gasteiger partial charge in [0.1, 0.15) is 11.5 Å². The van der Waals surface area contributed by atoms with Crippen LogP contribution in [-0.4, -0.2) is 64.2 Å². The van der Waals surface area contributed by atoms with Gasteiger partial charge in [-0.05, 0) is 44.8 Å². The molecule has 2 aromatic carbocycles. The van der Waals surface area contributed by atoms with Gasteiger partial charge < -0.3 is 25.4 Å². The number of nitrogens with zero attached hydrogens (tertiary/aromatic N) is 3. The van der Waals surface area contributed by atoms with Gasteiger partial charge in [-0.15, -0.1) is 0 Å². The van der Waals surface area contributed by atoms with E-state index < -0.39 is 23.8 Å². The zero-order valence-corrected chi connectivity index (χ0v) is 21.9. The summed E-state index contributed by atoms with van der Waals surface area (Å²) < 4.78 is 10.1. The van der Waals surface area contributed by atoms with Crippen LogP contribution in [0.1, 0.15) is 28.3 Å². The van der Waals surface area contributed by atoms with E-state index in [1.165, 1.54) is 19.1 Å². The van der Waals surface area contributed by atoms with E-state index in [9.17, 15) is 19.6 Å². The first-order valence-electron chi connectivity index (χ1n) is 11.9. The van der Waals surface area contributed by atoms with E-state index in [0.717, 1.165) is 13.0 Å². The van der Waals surface area contributed by atoms with Crippen molar-refractivity contribution < 1.29 is 23.9 Å². The molecule has 0 spiro atoms. The van der Waals surface area contributed by atoms with Gasteiger partial charge in [-0.3, -0.25) is 9.69 Å². The second kappa shape index (κ2) is 12.6. The van der Waals surface area contributed by atoms with Gasteiger partial charge in [-0.1, -0.05) is 42.5 Å². The van der Waals surface area contributed by atoms with E-state index in [4.69, 9.17) is 15.2 Å². The van der Waals surface area contributed by atoms with E-state index in [1.807, 2.05) is 19.0 Å². The summed E-state index contributed by atoms with van der Waals surface area (Å²) in [5.41, 5.74) is 7.17. The number of nitriles is 1. The minimum Gasteiger partial charge on any atom is -0.466 e. The fourth-order valence-electron chi connectivity index (χ4n) is 4.32. The SMILES string of the molecule is COC(=O)C1=C(C(=O)OC)N(c2ccccc2C(=O)NCCCN(C)C)C(N)=C(C#N)C1c1ccccc1. The number of carbonyl (C=O) groups is 3. The minimum absolute atomic E-state index is 0.0189. The highest BCUT2D eigenvalue weighted by Crippen LogP contribution is 2.43. The molecule has 1 amide bonds.